The lowest BCUT2D eigenvalue weighted by Crippen LogP contribution is -2.35. The molecule has 0 atom stereocenters. The van der Waals surface area contributed by atoms with E-state index in [0.717, 1.165) is 4.90 Å². The van der Waals surface area contributed by atoms with E-state index in [9.17, 15) is 9.59 Å². The van der Waals surface area contributed by atoms with Gasteiger partial charge in [-0.25, -0.2) is 0 Å². The molecule has 5 heteroatoms. The van der Waals surface area contributed by atoms with E-state index in [1.165, 1.54) is 0 Å². The van der Waals surface area contributed by atoms with Gasteiger partial charge in [-0.2, -0.15) is 0 Å². The summed E-state index contributed by atoms with van der Waals surface area (Å²) >= 11 is 0. The first-order chi connectivity index (χ1) is 9.93. The van der Waals surface area contributed by atoms with Crippen molar-refractivity contribution in [2.75, 3.05) is 19.7 Å². The van der Waals surface area contributed by atoms with Crippen LogP contribution in [-0.4, -0.2) is 41.6 Å². The maximum Gasteiger partial charge on any atom is 0.323 e. The van der Waals surface area contributed by atoms with Gasteiger partial charge in [-0.15, -0.1) is 6.42 Å². The Balaban J connectivity index is 2.77. The van der Waals surface area contributed by atoms with Crippen LogP contribution in [0.1, 0.15) is 24.2 Å². The number of carbonyl (C=O) groups is 2. The Morgan fingerprint density at radius 1 is 1.33 bits per heavy atom. The molecule has 1 rings (SSSR count). The highest BCUT2D eigenvalue weighted by Gasteiger charge is 2.17. The van der Waals surface area contributed by atoms with Crippen molar-refractivity contribution in [3.63, 3.8) is 0 Å². The van der Waals surface area contributed by atoms with Crippen molar-refractivity contribution in [2.45, 2.75) is 13.8 Å². The number of carboxylic acid groups (broad SMARTS) is 1. The van der Waals surface area contributed by atoms with Gasteiger partial charge in [-0.05, 0) is 30.2 Å². The number of aliphatic carboxylic acids is 1. The first-order valence-electron chi connectivity index (χ1n) is 6.61. The highest BCUT2D eigenvalue weighted by Crippen LogP contribution is 2.14. The molecular weight excluding hydrogens is 270 g/mol. The summed E-state index contributed by atoms with van der Waals surface area (Å²) in [6, 6.07) is 6.57. The summed E-state index contributed by atoms with van der Waals surface area (Å²) in [5.41, 5.74) is 0.378. The van der Waals surface area contributed by atoms with Crippen molar-refractivity contribution in [1.82, 2.24) is 4.90 Å². The van der Waals surface area contributed by atoms with Gasteiger partial charge in [0.15, 0.2) is 0 Å². The maximum absolute atomic E-state index is 12.2. The Bertz CT molecular complexity index is 528. The van der Waals surface area contributed by atoms with Crippen LogP contribution in [0, 0.1) is 18.3 Å². The van der Waals surface area contributed by atoms with Crippen LogP contribution < -0.4 is 4.74 Å². The molecule has 1 N–H and O–H groups in total. The monoisotopic (exact) mass is 289 g/mol. The molecule has 0 bridgehead atoms. The fourth-order valence-electron chi connectivity index (χ4n) is 1.61. The Morgan fingerprint density at radius 2 is 1.95 bits per heavy atom. The van der Waals surface area contributed by atoms with Crippen molar-refractivity contribution in [1.29, 1.82) is 0 Å². The van der Waals surface area contributed by atoms with Gasteiger partial charge in [0, 0.05) is 5.56 Å². The van der Waals surface area contributed by atoms with Gasteiger partial charge in [0.25, 0.3) is 5.91 Å². The number of terminal acetylenes is 1. The minimum Gasteiger partial charge on any atom is -0.493 e. The maximum atomic E-state index is 12.2. The van der Waals surface area contributed by atoms with Crippen LogP contribution in [0.2, 0.25) is 0 Å². The average molecular weight is 289 g/mol. The molecule has 1 aromatic rings. The second-order valence-corrected chi connectivity index (χ2v) is 4.99. The number of amides is 1. The Kier molecular flexibility index (Phi) is 6.28. The van der Waals surface area contributed by atoms with E-state index < -0.39 is 18.4 Å². The number of nitrogens with zero attached hydrogens (tertiary/aromatic N) is 1. The minimum absolute atomic E-state index is 0.0449. The molecule has 0 aliphatic carbocycles. The van der Waals surface area contributed by atoms with Crippen molar-refractivity contribution < 1.29 is 19.4 Å². The average Bonchev–Trinajstić information content (AvgIpc) is 2.44. The van der Waals surface area contributed by atoms with Crippen LogP contribution in [-0.2, 0) is 4.79 Å². The van der Waals surface area contributed by atoms with Crippen molar-refractivity contribution in [3.05, 3.63) is 29.8 Å². The number of carboxylic acids is 1. The summed E-state index contributed by atoms with van der Waals surface area (Å²) in [5.74, 6) is 1.85. The quantitative estimate of drug-likeness (QED) is 0.778. The van der Waals surface area contributed by atoms with Gasteiger partial charge in [-0.3, -0.25) is 9.59 Å². The second-order valence-electron chi connectivity index (χ2n) is 4.99. The molecular formula is C16H19NO4. The number of rotatable bonds is 7. The van der Waals surface area contributed by atoms with Crippen molar-refractivity contribution in [2.24, 2.45) is 5.92 Å². The molecule has 0 saturated heterocycles. The number of ether oxygens (including phenoxy) is 1. The topological polar surface area (TPSA) is 66.8 Å². The van der Waals surface area contributed by atoms with E-state index in [-0.39, 0.29) is 6.54 Å². The molecule has 0 spiro atoms. The zero-order chi connectivity index (χ0) is 15.8. The van der Waals surface area contributed by atoms with E-state index in [1.807, 2.05) is 13.8 Å². The van der Waals surface area contributed by atoms with E-state index >= 15 is 0 Å². The summed E-state index contributed by atoms with van der Waals surface area (Å²) in [6.07, 6.45) is 5.16. The molecule has 0 radical (unpaired) electrons. The molecule has 0 aliphatic heterocycles. The molecule has 0 heterocycles. The van der Waals surface area contributed by atoms with Crippen LogP contribution in [0.3, 0.4) is 0 Å². The molecule has 21 heavy (non-hydrogen) atoms. The lowest BCUT2D eigenvalue weighted by molar-refractivity contribution is -0.137. The molecule has 0 fully saturated rings. The SMILES string of the molecule is C#CCN(CC(=O)O)C(=O)c1ccc(OCC(C)C)cc1. The van der Waals surface area contributed by atoms with Crippen LogP contribution in [0.5, 0.6) is 5.75 Å². The predicted molar refractivity (Wildman–Crippen MR) is 79.1 cm³/mol. The lowest BCUT2D eigenvalue weighted by atomic mass is 10.2. The van der Waals surface area contributed by atoms with Crippen molar-refractivity contribution in [3.8, 4) is 18.1 Å². The third-order valence-electron chi connectivity index (χ3n) is 2.58. The van der Waals surface area contributed by atoms with Crippen LogP contribution in [0.25, 0.3) is 0 Å². The smallest absolute Gasteiger partial charge is 0.323 e. The Labute approximate surface area is 124 Å². The number of hydrogen-bond donors (Lipinski definition) is 1. The molecule has 0 aromatic heterocycles. The van der Waals surface area contributed by atoms with Gasteiger partial charge in [0.2, 0.25) is 0 Å². The molecule has 0 unspecified atom stereocenters. The van der Waals surface area contributed by atoms with E-state index in [0.29, 0.717) is 23.8 Å². The number of carbonyl (C=O) groups excluding carboxylic acids is 1. The first-order valence-corrected chi connectivity index (χ1v) is 6.61. The van der Waals surface area contributed by atoms with E-state index in [2.05, 4.69) is 5.92 Å². The Morgan fingerprint density at radius 3 is 2.43 bits per heavy atom. The lowest BCUT2D eigenvalue weighted by Gasteiger charge is -2.18. The van der Waals surface area contributed by atoms with Crippen LogP contribution in [0.15, 0.2) is 24.3 Å². The fraction of sp³-hybridized carbons (Fsp3) is 0.375. The van der Waals surface area contributed by atoms with Gasteiger partial charge < -0.3 is 14.7 Å². The third-order valence-corrected chi connectivity index (χ3v) is 2.58. The zero-order valence-corrected chi connectivity index (χ0v) is 12.2. The molecule has 0 saturated carbocycles. The van der Waals surface area contributed by atoms with Gasteiger partial charge in [-0.1, -0.05) is 19.8 Å². The molecule has 1 amide bonds. The highest BCUT2D eigenvalue weighted by atomic mass is 16.5. The van der Waals surface area contributed by atoms with Crippen molar-refractivity contribution >= 4 is 11.9 Å². The third kappa shape index (κ3) is 5.57. The molecule has 5 nitrogen and oxygen atoms in total. The minimum atomic E-state index is -1.10. The summed E-state index contributed by atoms with van der Waals surface area (Å²) in [7, 11) is 0. The van der Waals surface area contributed by atoms with E-state index in [1.54, 1.807) is 24.3 Å². The number of hydrogen-bond acceptors (Lipinski definition) is 3. The molecule has 0 aliphatic rings. The van der Waals surface area contributed by atoms with Gasteiger partial charge in [0.1, 0.15) is 12.3 Å². The zero-order valence-electron chi connectivity index (χ0n) is 12.2. The summed E-state index contributed by atoms with van der Waals surface area (Å²) in [6.45, 7) is 4.21. The summed E-state index contributed by atoms with van der Waals surface area (Å²) in [5, 5.41) is 8.79. The normalized spacial score (nSPS) is 10.0. The highest BCUT2D eigenvalue weighted by molar-refractivity contribution is 5.96. The molecule has 1 aromatic carbocycles. The summed E-state index contributed by atoms with van der Waals surface area (Å²) < 4.78 is 5.52. The number of benzene rings is 1. The van der Waals surface area contributed by atoms with Crippen LogP contribution >= 0.6 is 0 Å². The second kappa shape index (κ2) is 7.95. The first kappa shape index (κ1) is 16.6. The van der Waals surface area contributed by atoms with Gasteiger partial charge >= 0.3 is 5.97 Å². The standard InChI is InChI=1S/C16H19NO4/c1-4-9-17(10-15(18)19)16(20)13-5-7-14(8-6-13)21-11-12(2)3/h1,5-8,12H,9-11H2,2-3H3,(H,18,19). The Hall–Kier alpha value is -2.48. The summed E-state index contributed by atoms with van der Waals surface area (Å²) in [4.78, 5) is 24.0. The fourth-order valence-corrected chi connectivity index (χ4v) is 1.61. The predicted octanol–water partition coefficient (Wildman–Crippen LogP) is 1.88. The van der Waals surface area contributed by atoms with Crippen LogP contribution in [0.4, 0.5) is 0 Å². The van der Waals surface area contributed by atoms with Gasteiger partial charge in [0.05, 0.1) is 13.2 Å². The van der Waals surface area contributed by atoms with E-state index in [4.69, 9.17) is 16.3 Å². The largest absolute Gasteiger partial charge is 0.493 e. The molecule has 112 valence electrons.